The first-order valence-electron chi connectivity index (χ1n) is 5.76. The molecule has 108 valence electrons. The summed E-state index contributed by atoms with van der Waals surface area (Å²) in [6.07, 6.45) is 1.29. The van der Waals surface area contributed by atoms with Gasteiger partial charge in [-0.3, -0.25) is 14.9 Å². The number of rotatable bonds is 3. The number of carbonyl (C=O) groups is 1. The number of hydrogen-bond acceptors (Lipinski definition) is 4. The topological polar surface area (TPSA) is 85.1 Å². The van der Waals surface area contributed by atoms with Crippen LogP contribution in [0.5, 0.6) is 0 Å². The first-order valence-corrected chi connectivity index (χ1v) is 6.51. The lowest BCUT2D eigenvalue weighted by atomic mass is 10.1. The van der Waals surface area contributed by atoms with Crippen LogP contribution in [0.4, 0.5) is 11.4 Å². The highest BCUT2D eigenvalue weighted by Gasteiger charge is 2.20. The zero-order chi connectivity index (χ0) is 15.6. The fraction of sp³-hybridized carbons (Fsp3) is 0.0769. The fourth-order valence-corrected chi connectivity index (χ4v) is 2.11. The van der Waals surface area contributed by atoms with Gasteiger partial charge in [0.25, 0.3) is 11.6 Å². The molecule has 0 saturated carbocycles. The third-order valence-corrected chi connectivity index (χ3v) is 3.15. The maximum Gasteiger partial charge on any atom is 0.294 e. The van der Waals surface area contributed by atoms with Crippen molar-refractivity contribution in [2.24, 2.45) is 0 Å². The van der Waals surface area contributed by atoms with Crippen molar-refractivity contribution in [3.05, 3.63) is 61.9 Å². The third-order valence-electron chi connectivity index (χ3n) is 2.70. The van der Waals surface area contributed by atoms with E-state index in [1.54, 1.807) is 6.92 Å². The van der Waals surface area contributed by atoms with Crippen LogP contribution in [0.15, 0.2) is 30.5 Å². The SMILES string of the molecule is Cc1cc(Cl)cc([N+](=O)[O-])c1NC(=O)c1ccc(Cl)nc1. The Bertz CT molecular complexity index is 717. The number of aromatic nitrogens is 1. The van der Waals surface area contributed by atoms with Gasteiger partial charge in [-0.05, 0) is 30.7 Å². The second-order valence-electron chi connectivity index (χ2n) is 4.20. The summed E-state index contributed by atoms with van der Waals surface area (Å²) in [6.45, 7) is 1.62. The lowest BCUT2D eigenvalue weighted by Gasteiger charge is -2.09. The lowest BCUT2D eigenvalue weighted by molar-refractivity contribution is -0.383. The van der Waals surface area contributed by atoms with Gasteiger partial charge < -0.3 is 5.32 Å². The van der Waals surface area contributed by atoms with Crippen LogP contribution in [-0.4, -0.2) is 15.8 Å². The molecule has 0 fully saturated rings. The molecule has 0 atom stereocenters. The van der Waals surface area contributed by atoms with E-state index in [9.17, 15) is 14.9 Å². The van der Waals surface area contributed by atoms with Gasteiger partial charge in [-0.2, -0.15) is 0 Å². The molecule has 0 bridgehead atoms. The standard InChI is InChI=1S/C13H9Cl2N3O3/c1-7-4-9(14)5-10(18(20)21)12(7)17-13(19)8-2-3-11(15)16-6-8/h2-6H,1H3,(H,17,19). The Kier molecular flexibility index (Phi) is 4.40. The summed E-state index contributed by atoms with van der Waals surface area (Å²) in [5, 5.41) is 14.0. The molecule has 1 heterocycles. The van der Waals surface area contributed by atoms with Crippen LogP contribution in [0.2, 0.25) is 10.2 Å². The van der Waals surface area contributed by atoms with Crippen LogP contribution in [-0.2, 0) is 0 Å². The minimum absolute atomic E-state index is 0.101. The smallest absolute Gasteiger partial charge is 0.294 e. The summed E-state index contributed by atoms with van der Waals surface area (Å²) in [5.74, 6) is -0.521. The van der Waals surface area contributed by atoms with Gasteiger partial charge in [-0.15, -0.1) is 0 Å². The number of benzene rings is 1. The predicted molar refractivity (Wildman–Crippen MR) is 80.0 cm³/mol. The fourth-order valence-electron chi connectivity index (χ4n) is 1.73. The Labute approximate surface area is 129 Å². The average molecular weight is 326 g/mol. The number of anilines is 1. The molecule has 0 aliphatic rings. The number of aryl methyl sites for hydroxylation is 1. The summed E-state index contributed by atoms with van der Waals surface area (Å²) in [6, 6.07) is 5.65. The molecule has 21 heavy (non-hydrogen) atoms. The molecule has 1 aromatic carbocycles. The van der Waals surface area contributed by atoms with E-state index in [0.29, 0.717) is 5.56 Å². The van der Waals surface area contributed by atoms with Crippen molar-refractivity contribution in [1.82, 2.24) is 4.98 Å². The summed E-state index contributed by atoms with van der Waals surface area (Å²) in [4.78, 5) is 26.3. The molecule has 1 aromatic heterocycles. The number of pyridine rings is 1. The van der Waals surface area contributed by atoms with Gasteiger partial charge >= 0.3 is 0 Å². The van der Waals surface area contributed by atoms with Crippen molar-refractivity contribution < 1.29 is 9.72 Å². The highest BCUT2D eigenvalue weighted by atomic mass is 35.5. The number of nitrogens with zero attached hydrogens (tertiary/aromatic N) is 2. The molecule has 0 spiro atoms. The second-order valence-corrected chi connectivity index (χ2v) is 5.02. The van der Waals surface area contributed by atoms with E-state index < -0.39 is 10.8 Å². The number of nitrogens with one attached hydrogen (secondary N) is 1. The predicted octanol–water partition coefficient (Wildman–Crippen LogP) is 3.86. The summed E-state index contributed by atoms with van der Waals surface area (Å²) in [7, 11) is 0. The summed E-state index contributed by atoms with van der Waals surface area (Å²) < 4.78 is 0. The van der Waals surface area contributed by atoms with E-state index in [0.717, 1.165) is 0 Å². The van der Waals surface area contributed by atoms with E-state index in [2.05, 4.69) is 10.3 Å². The zero-order valence-corrected chi connectivity index (χ0v) is 12.3. The highest BCUT2D eigenvalue weighted by molar-refractivity contribution is 6.31. The summed E-state index contributed by atoms with van der Waals surface area (Å²) >= 11 is 11.4. The maximum absolute atomic E-state index is 12.1. The van der Waals surface area contributed by atoms with Crippen molar-refractivity contribution in [3.63, 3.8) is 0 Å². The van der Waals surface area contributed by atoms with Crippen molar-refractivity contribution >= 4 is 40.5 Å². The number of halogens is 2. The maximum atomic E-state index is 12.1. The Morgan fingerprint density at radius 1 is 1.33 bits per heavy atom. The minimum Gasteiger partial charge on any atom is -0.316 e. The number of hydrogen-bond donors (Lipinski definition) is 1. The molecular formula is C13H9Cl2N3O3. The molecule has 0 aliphatic heterocycles. The normalized spacial score (nSPS) is 10.2. The molecule has 0 unspecified atom stereocenters. The quantitative estimate of drug-likeness (QED) is 0.527. The highest BCUT2D eigenvalue weighted by Crippen LogP contribution is 2.32. The zero-order valence-electron chi connectivity index (χ0n) is 10.8. The molecule has 2 rings (SSSR count). The van der Waals surface area contributed by atoms with E-state index in [1.165, 1.54) is 30.5 Å². The first-order chi connectivity index (χ1) is 9.88. The van der Waals surface area contributed by atoms with Crippen molar-refractivity contribution in [2.45, 2.75) is 6.92 Å². The molecule has 2 aromatic rings. The van der Waals surface area contributed by atoms with Gasteiger partial charge in [0, 0.05) is 17.3 Å². The van der Waals surface area contributed by atoms with Crippen molar-refractivity contribution in [1.29, 1.82) is 0 Å². The largest absolute Gasteiger partial charge is 0.316 e. The molecule has 0 radical (unpaired) electrons. The van der Waals surface area contributed by atoms with Gasteiger partial charge in [0.1, 0.15) is 10.8 Å². The molecule has 1 N–H and O–H groups in total. The number of carbonyl (C=O) groups excluding carboxylic acids is 1. The monoisotopic (exact) mass is 325 g/mol. The summed E-state index contributed by atoms with van der Waals surface area (Å²) in [5.41, 5.74) is 0.562. The lowest BCUT2D eigenvalue weighted by Crippen LogP contribution is -2.14. The van der Waals surface area contributed by atoms with Gasteiger partial charge in [0.2, 0.25) is 0 Å². The van der Waals surface area contributed by atoms with Crippen LogP contribution in [0.25, 0.3) is 0 Å². The number of nitro benzene ring substituents is 1. The van der Waals surface area contributed by atoms with Gasteiger partial charge in [0.15, 0.2) is 0 Å². The van der Waals surface area contributed by atoms with Crippen molar-refractivity contribution in [2.75, 3.05) is 5.32 Å². The molecule has 8 heteroatoms. The van der Waals surface area contributed by atoms with Crippen molar-refractivity contribution in [3.8, 4) is 0 Å². The Hall–Kier alpha value is -2.18. The first kappa shape index (κ1) is 15.2. The minimum atomic E-state index is -0.603. The molecular weight excluding hydrogens is 317 g/mol. The Morgan fingerprint density at radius 3 is 2.62 bits per heavy atom. The molecule has 1 amide bonds. The molecule has 6 nitrogen and oxygen atoms in total. The third kappa shape index (κ3) is 3.48. The second kappa shape index (κ2) is 6.07. The van der Waals surface area contributed by atoms with Gasteiger partial charge in [-0.1, -0.05) is 23.2 Å². The van der Waals surface area contributed by atoms with E-state index in [-0.39, 0.29) is 27.1 Å². The van der Waals surface area contributed by atoms with E-state index in [4.69, 9.17) is 23.2 Å². The van der Waals surface area contributed by atoms with Crippen LogP contribution < -0.4 is 5.32 Å². The Morgan fingerprint density at radius 2 is 2.05 bits per heavy atom. The molecule has 0 saturated heterocycles. The van der Waals surface area contributed by atoms with Crippen LogP contribution in [0, 0.1) is 17.0 Å². The van der Waals surface area contributed by atoms with Gasteiger partial charge in [0.05, 0.1) is 10.5 Å². The Balaban J connectivity index is 2.37. The molecule has 0 aliphatic carbocycles. The van der Waals surface area contributed by atoms with Crippen LogP contribution in [0.1, 0.15) is 15.9 Å². The number of nitro groups is 1. The van der Waals surface area contributed by atoms with Crippen LogP contribution in [0.3, 0.4) is 0 Å². The number of amides is 1. The average Bonchev–Trinajstić information content (AvgIpc) is 2.41. The van der Waals surface area contributed by atoms with Crippen LogP contribution >= 0.6 is 23.2 Å². The van der Waals surface area contributed by atoms with Gasteiger partial charge in [-0.25, -0.2) is 4.98 Å². The van der Waals surface area contributed by atoms with E-state index >= 15 is 0 Å². The van der Waals surface area contributed by atoms with E-state index in [1.807, 2.05) is 0 Å².